The predicted octanol–water partition coefficient (Wildman–Crippen LogP) is 1.42. The van der Waals surface area contributed by atoms with E-state index in [0.29, 0.717) is 23.1 Å². The van der Waals surface area contributed by atoms with E-state index in [9.17, 15) is 9.59 Å². The number of fused-ring (bicyclic) bond motifs is 1. The van der Waals surface area contributed by atoms with Crippen molar-refractivity contribution in [1.82, 2.24) is 21.5 Å². The number of ether oxygens (including phenoxy) is 2. The Labute approximate surface area is 164 Å². The lowest BCUT2D eigenvalue weighted by Gasteiger charge is -2.24. The van der Waals surface area contributed by atoms with E-state index in [2.05, 4.69) is 21.5 Å². The summed E-state index contributed by atoms with van der Waals surface area (Å²) < 4.78 is 10.5. The van der Waals surface area contributed by atoms with E-state index in [1.807, 2.05) is 0 Å². The Bertz CT molecular complexity index is 720. The lowest BCUT2D eigenvalue weighted by Crippen LogP contribution is -2.47. The van der Waals surface area contributed by atoms with Gasteiger partial charge in [0.05, 0.1) is 12.7 Å². The van der Waals surface area contributed by atoms with Gasteiger partial charge in [0.25, 0.3) is 5.91 Å². The molecular formula is C20H28N4O4. The summed E-state index contributed by atoms with van der Waals surface area (Å²) in [5.41, 5.74) is 6.88. The first-order valence-corrected chi connectivity index (χ1v) is 10.2. The summed E-state index contributed by atoms with van der Waals surface area (Å²) in [6.45, 7) is 0.0890. The molecule has 1 aromatic carbocycles. The smallest absolute Gasteiger partial charge is 0.251 e. The van der Waals surface area contributed by atoms with Crippen LogP contribution in [-0.2, 0) is 4.79 Å². The number of carbonyl (C=O) groups excluding carboxylic acids is 2. The fraction of sp³-hybridized carbons (Fsp3) is 0.600. The van der Waals surface area contributed by atoms with Gasteiger partial charge >= 0.3 is 0 Å². The van der Waals surface area contributed by atoms with Crippen molar-refractivity contribution in [1.29, 1.82) is 0 Å². The van der Waals surface area contributed by atoms with Crippen LogP contribution in [0.15, 0.2) is 18.2 Å². The molecule has 1 saturated carbocycles. The number of carbonyl (C=O) groups is 2. The monoisotopic (exact) mass is 388 g/mol. The zero-order chi connectivity index (χ0) is 19.3. The van der Waals surface area contributed by atoms with Crippen LogP contribution in [0.2, 0.25) is 0 Å². The lowest BCUT2D eigenvalue weighted by atomic mass is 9.84. The zero-order valence-corrected chi connectivity index (χ0v) is 16.0. The number of hydrazine groups is 1. The van der Waals surface area contributed by atoms with E-state index < -0.39 is 0 Å². The average molecular weight is 388 g/mol. The summed E-state index contributed by atoms with van der Waals surface area (Å²) in [5, 5.41) is 5.57. The minimum Gasteiger partial charge on any atom is -0.454 e. The Morgan fingerprint density at radius 3 is 2.75 bits per heavy atom. The van der Waals surface area contributed by atoms with E-state index in [1.165, 1.54) is 32.1 Å². The maximum Gasteiger partial charge on any atom is 0.251 e. The second kappa shape index (κ2) is 8.79. The molecular weight excluding hydrogens is 360 g/mol. The Kier molecular flexibility index (Phi) is 5.97. The standard InChI is InChI=1S/C20H28N4O4/c25-19(11-21-20(26)14-6-7-16-17(9-14)28-12-27-16)22-18-10-15(23-24-18)8-13-4-2-1-3-5-13/h6-7,9,13,15,18,23-24H,1-5,8,10-12H2,(H,21,26)(H,22,25). The van der Waals surface area contributed by atoms with E-state index in [1.54, 1.807) is 18.2 Å². The van der Waals surface area contributed by atoms with Crippen molar-refractivity contribution in [2.75, 3.05) is 13.3 Å². The van der Waals surface area contributed by atoms with Gasteiger partial charge in [0.15, 0.2) is 11.5 Å². The van der Waals surface area contributed by atoms with Gasteiger partial charge in [0, 0.05) is 11.6 Å². The Morgan fingerprint density at radius 2 is 1.89 bits per heavy atom. The minimum absolute atomic E-state index is 0.0707. The number of hydrogen-bond donors (Lipinski definition) is 4. The van der Waals surface area contributed by atoms with Crippen LogP contribution in [0, 0.1) is 5.92 Å². The van der Waals surface area contributed by atoms with Gasteiger partial charge in [-0.15, -0.1) is 0 Å². The number of benzene rings is 1. The highest BCUT2D eigenvalue weighted by Crippen LogP contribution is 2.32. The van der Waals surface area contributed by atoms with Crippen molar-refractivity contribution in [2.24, 2.45) is 5.92 Å². The Morgan fingerprint density at radius 1 is 1.07 bits per heavy atom. The molecule has 4 N–H and O–H groups in total. The SMILES string of the molecule is O=C(CNC(=O)c1ccc2c(c1)OCO2)NC1CC(CC2CCCCC2)NN1. The van der Waals surface area contributed by atoms with Crippen molar-refractivity contribution >= 4 is 11.8 Å². The molecule has 1 saturated heterocycles. The van der Waals surface area contributed by atoms with Crippen LogP contribution in [0.1, 0.15) is 55.3 Å². The van der Waals surface area contributed by atoms with Crippen molar-refractivity contribution < 1.29 is 19.1 Å². The molecule has 1 aliphatic carbocycles. The highest BCUT2D eigenvalue weighted by Gasteiger charge is 2.28. The van der Waals surface area contributed by atoms with Gasteiger partial charge in [-0.3, -0.25) is 15.0 Å². The molecule has 8 nitrogen and oxygen atoms in total. The summed E-state index contributed by atoms with van der Waals surface area (Å²) >= 11 is 0. The van der Waals surface area contributed by atoms with E-state index >= 15 is 0 Å². The van der Waals surface area contributed by atoms with Gasteiger partial charge in [-0.05, 0) is 37.0 Å². The van der Waals surface area contributed by atoms with Gasteiger partial charge in [0.2, 0.25) is 12.7 Å². The van der Waals surface area contributed by atoms with Crippen LogP contribution in [0.25, 0.3) is 0 Å². The first kappa shape index (κ1) is 19.0. The molecule has 4 rings (SSSR count). The lowest BCUT2D eigenvalue weighted by molar-refractivity contribution is -0.120. The molecule has 0 radical (unpaired) electrons. The van der Waals surface area contributed by atoms with Gasteiger partial charge in [-0.25, -0.2) is 5.43 Å². The predicted molar refractivity (Wildman–Crippen MR) is 103 cm³/mol. The van der Waals surface area contributed by atoms with Crippen LogP contribution in [0.3, 0.4) is 0 Å². The highest BCUT2D eigenvalue weighted by atomic mass is 16.7. The topological polar surface area (TPSA) is 101 Å². The van der Waals surface area contributed by atoms with E-state index in [0.717, 1.165) is 18.8 Å². The van der Waals surface area contributed by atoms with Crippen molar-refractivity contribution in [3.05, 3.63) is 23.8 Å². The van der Waals surface area contributed by atoms with Crippen LogP contribution in [-0.4, -0.2) is 37.4 Å². The fourth-order valence-corrected chi connectivity index (χ4v) is 4.24. The summed E-state index contributed by atoms with van der Waals surface area (Å²) in [5.74, 6) is 1.43. The van der Waals surface area contributed by atoms with E-state index in [-0.39, 0.29) is 31.3 Å². The fourth-order valence-electron chi connectivity index (χ4n) is 4.24. The third-order valence-corrected chi connectivity index (χ3v) is 5.70. The summed E-state index contributed by atoms with van der Waals surface area (Å²) in [6.07, 6.45) is 8.59. The number of amides is 2. The van der Waals surface area contributed by atoms with E-state index in [4.69, 9.17) is 9.47 Å². The molecule has 28 heavy (non-hydrogen) atoms. The summed E-state index contributed by atoms with van der Waals surface area (Å²) in [7, 11) is 0. The largest absolute Gasteiger partial charge is 0.454 e. The van der Waals surface area contributed by atoms with Gasteiger partial charge in [-0.1, -0.05) is 32.1 Å². The highest BCUT2D eigenvalue weighted by molar-refractivity contribution is 5.97. The molecule has 2 unspecified atom stereocenters. The maximum absolute atomic E-state index is 12.2. The second-order valence-electron chi connectivity index (χ2n) is 7.83. The molecule has 152 valence electrons. The number of rotatable bonds is 6. The molecule has 8 heteroatoms. The van der Waals surface area contributed by atoms with Gasteiger partial charge < -0.3 is 20.1 Å². The quantitative estimate of drug-likeness (QED) is 0.588. The maximum atomic E-state index is 12.2. The van der Waals surface area contributed by atoms with Crippen LogP contribution < -0.4 is 31.0 Å². The van der Waals surface area contributed by atoms with Crippen molar-refractivity contribution in [3.63, 3.8) is 0 Å². The average Bonchev–Trinajstić information content (AvgIpc) is 3.35. The molecule has 0 bridgehead atoms. The zero-order valence-electron chi connectivity index (χ0n) is 16.0. The number of hydrogen-bond acceptors (Lipinski definition) is 6. The third-order valence-electron chi connectivity index (χ3n) is 5.70. The Hall–Kier alpha value is -2.32. The molecule has 0 spiro atoms. The summed E-state index contributed by atoms with van der Waals surface area (Å²) in [4.78, 5) is 24.4. The third kappa shape index (κ3) is 4.74. The van der Waals surface area contributed by atoms with Crippen LogP contribution in [0.4, 0.5) is 0 Å². The molecule has 2 heterocycles. The molecule has 2 amide bonds. The Balaban J connectivity index is 1.18. The van der Waals surface area contributed by atoms with Crippen LogP contribution >= 0.6 is 0 Å². The molecule has 3 aliphatic rings. The first-order valence-electron chi connectivity index (χ1n) is 10.2. The number of nitrogens with one attached hydrogen (secondary N) is 4. The second-order valence-corrected chi connectivity index (χ2v) is 7.83. The molecule has 2 aliphatic heterocycles. The first-order chi connectivity index (χ1) is 13.7. The van der Waals surface area contributed by atoms with Gasteiger partial charge in [-0.2, -0.15) is 0 Å². The van der Waals surface area contributed by atoms with Crippen LogP contribution in [0.5, 0.6) is 11.5 Å². The molecule has 2 atom stereocenters. The molecule has 0 aromatic heterocycles. The summed E-state index contributed by atoms with van der Waals surface area (Å²) in [6, 6.07) is 5.35. The van der Waals surface area contributed by atoms with Gasteiger partial charge in [0.1, 0.15) is 0 Å². The minimum atomic E-state index is -0.318. The molecule has 1 aromatic rings. The van der Waals surface area contributed by atoms with Crippen molar-refractivity contribution in [3.8, 4) is 11.5 Å². The van der Waals surface area contributed by atoms with Crippen molar-refractivity contribution in [2.45, 2.75) is 57.2 Å². The molecule has 2 fully saturated rings. The normalized spacial score (nSPS) is 24.1.